The molecule has 0 radical (unpaired) electrons. The van der Waals surface area contributed by atoms with Crippen LogP contribution in [0, 0.1) is 0 Å². The third-order valence-electron chi connectivity index (χ3n) is 3.09. The van der Waals surface area contributed by atoms with Crippen LogP contribution in [0.4, 0.5) is 0 Å². The maximum Gasteiger partial charge on any atom is 0.328 e. The van der Waals surface area contributed by atoms with Gasteiger partial charge in [0.05, 0.1) is 7.11 Å². The van der Waals surface area contributed by atoms with Crippen LogP contribution in [0.1, 0.15) is 19.3 Å². The van der Waals surface area contributed by atoms with Crippen molar-refractivity contribution in [3.8, 4) is 0 Å². The Morgan fingerprint density at radius 2 is 2.33 bits per heavy atom. The third kappa shape index (κ3) is 1.40. The van der Waals surface area contributed by atoms with E-state index in [2.05, 4.69) is 0 Å². The summed E-state index contributed by atoms with van der Waals surface area (Å²) in [6.07, 6.45) is 1.11. The van der Waals surface area contributed by atoms with E-state index < -0.39 is 17.6 Å². The van der Waals surface area contributed by atoms with Crippen molar-refractivity contribution >= 4 is 11.9 Å². The van der Waals surface area contributed by atoms with Crippen molar-refractivity contribution in [3.05, 3.63) is 0 Å². The molecule has 2 heterocycles. The van der Waals surface area contributed by atoms with E-state index >= 15 is 0 Å². The first-order valence-corrected chi connectivity index (χ1v) is 4.92. The van der Waals surface area contributed by atoms with E-state index in [0.717, 1.165) is 6.42 Å². The summed E-state index contributed by atoms with van der Waals surface area (Å²) in [5.41, 5.74) is 4.38. The highest BCUT2D eigenvalue weighted by Gasteiger charge is 2.57. The molecule has 0 aromatic heterocycles. The van der Waals surface area contributed by atoms with Gasteiger partial charge in [-0.05, 0) is 12.8 Å². The molecule has 2 saturated heterocycles. The summed E-state index contributed by atoms with van der Waals surface area (Å²) in [6.45, 7) is 0.638. The molecule has 6 nitrogen and oxygen atoms in total. The van der Waals surface area contributed by atoms with Crippen LogP contribution in [-0.4, -0.2) is 42.2 Å². The van der Waals surface area contributed by atoms with Gasteiger partial charge in [-0.3, -0.25) is 9.63 Å². The van der Waals surface area contributed by atoms with Gasteiger partial charge < -0.3 is 10.5 Å². The Morgan fingerprint density at radius 1 is 1.60 bits per heavy atom. The van der Waals surface area contributed by atoms with Crippen LogP contribution in [0.5, 0.6) is 0 Å². The van der Waals surface area contributed by atoms with Crippen molar-refractivity contribution in [2.75, 3.05) is 13.7 Å². The third-order valence-corrected chi connectivity index (χ3v) is 3.09. The van der Waals surface area contributed by atoms with E-state index in [1.807, 2.05) is 0 Å². The highest BCUT2D eigenvalue weighted by molar-refractivity contribution is 5.85. The van der Waals surface area contributed by atoms with Crippen LogP contribution in [-0.2, 0) is 19.2 Å². The largest absolute Gasteiger partial charge is 0.468 e. The maximum atomic E-state index is 11.7. The van der Waals surface area contributed by atoms with Crippen molar-refractivity contribution in [3.63, 3.8) is 0 Å². The van der Waals surface area contributed by atoms with Crippen LogP contribution in [0.2, 0.25) is 0 Å². The summed E-state index contributed by atoms with van der Waals surface area (Å²) in [5.74, 6) is -0.878. The molecule has 15 heavy (non-hydrogen) atoms. The first kappa shape index (κ1) is 10.4. The number of methoxy groups -OCH3 is 1. The predicted molar refractivity (Wildman–Crippen MR) is 49.4 cm³/mol. The highest BCUT2D eigenvalue weighted by atomic mass is 16.7. The van der Waals surface area contributed by atoms with Gasteiger partial charge in [-0.15, -0.1) is 0 Å². The molecule has 0 spiro atoms. The molecule has 0 saturated carbocycles. The molecule has 2 rings (SSSR count). The lowest BCUT2D eigenvalue weighted by Crippen LogP contribution is -2.46. The van der Waals surface area contributed by atoms with Gasteiger partial charge in [-0.25, -0.2) is 4.79 Å². The number of carbonyl (C=O) groups is 2. The Kier molecular flexibility index (Phi) is 2.40. The number of rotatable bonds is 2. The molecular weight excluding hydrogens is 200 g/mol. The molecule has 1 amide bonds. The molecule has 2 aliphatic heterocycles. The number of hydrogen-bond acceptors (Lipinski definition) is 5. The number of hydroxylamine groups is 2. The minimum Gasteiger partial charge on any atom is -0.468 e. The lowest BCUT2D eigenvalue weighted by atomic mass is 9.91. The number of primary amides is 1. The maximum absolute atomic E-state index is 11.7. The van der Waals surface area contributed by atoms with E-state index in [-0.39, 0.29) is 5.97 Å². The standard InChI is InChI=1S/C9H14N2O4/c1-14-8(13)9-3-2-4-11(9)15-6(5-9)7(10)12/h6H,2-5H2,1H3,(H2,10,12)/t6-,9-/m1/s1. The molecule has 6 heteroatoms. The Hall–Kier alpha value is -1.14. The SMILES string of the molecule is COC(=O)[C@]12CCCN1O[C@@H](C(N)=O)C2. The van der Waals surface area contributed by atoms with Crippen LogP contribution in [0.3, 0.4) is 0 Å². The normalized spacial score (nSPS) is 35.1. The number of hydrogen-bond donors (Lipinski definition) is 1. The molecular formula is C9H14N2O4. The zero-order valence-corrected chi connectivity index (χ0v) is 8.56. The number of esters is 1. The van der Waals surface area contributed by atoms with Crippen molar-refractivity contribution in [1.29, 1.82) is 0 Å². The number of carbonyl (C=O) groups excluding carboxylic acids is 2. The van der Waals surface area contributed by atoms with Crippen molar-refractivity contribution in [1.82, 2.24) is 5.06 Å². The predicted octanol–water partition coefficient (Wildman–Crippen LogP) is -0.817. The minimum atomic E-state index is -0.783. The van der Waals surface area contributed by atoms with Gasteiger partial charge in [0.1, 0.15) is 5.54 Å². The van der Waals surface area contributed by atoms with Crippen LogP contribution < -0.4 is 5.73 Å². The summed E-state index contributed by atoms with van der Waals surface area (Å²) in [7, 11) is 1.34. The quantitative estimate of drug-likeness (QED) is 0.607. The molecule has 0 bridgehead atoms. The number of nitrogens with two attached hydrogens (primary N) is 1. The van der Waals surface area contributed by atoms with E-state index in [1.54, 1.807) is 5.06 Å². The molecule has 0 aromatic carbocycles. The Morgan fingerprint density at radius 3 is 2.93 bits per heavy atom. The van der Waals surface area contributed by atoms with E-state index in [0.29, 0.717) is 19.4 Å². The van der Waals surface area contributed by atoms with Crippen LogP contribution >= 0.6 is 0 Å². The molecule has 2 N–H and O–H groups in total. The Labute approximate surface area is 87.3 Å². The van der Waals surface area contributed by atoms with Crippen LogP contribution in [0.25, 0.3) is 0 Å². The number of nitrogens with zero attached hydrogens (tertiary/aromatic N) is 1. The highest BCUT2D eigenvalue weighted by Crippen LogP contribution is 2.41. The zero-order valence-electron chi connectivity index (χ0n) is 8.56. The fourth-order valence-corrected chi connectivity index (χ4v) is 2.34. The number of fused-ring (bicyclic) bond motifs is 1. The Balaban J connectivity index is 2.22. The van der Waals surface area contributed by atoms with Crippen molar-refractivity contribution in [2.45, 2.75) is 30.9 Å². The molecule has 2 aliphatic rings. The molecule has 84 valence electrons. The van der Waals surface area contributed by atoms with Crippen molar-refractivity contribution in [2.24, 2.45) is 5.73 Å². The van der Waals surface area contributed by atoms with E-state index in [4.69, 9.17) is 15.3 Å². The second-order valence-electron chi connectivity index (χ2n) is 3.93. The molecule has 0 aromatic rings. The lowest BCUT2D eigenvalue weighted by molar-refractivity contribution is -0.191. The number of amides is 1. The Bertz CT molecular complexity index is 306. The van der Waals surface area contributed by atoms with E-state index in [9.17, 15) is 9.59 Å². The van der Waals surface area contributed by atoms with Crippen LogP contribution in [0.15, 0.2) is 0 Å². The van der Waals surface area contributed by atoms with Gasteiger partial charge in [0.25, 0.3) is 0 Å². The molecule has 0 unspecified atom stereocenters. The fraction of sp³-hybridized carbons (Fsp3) is 0.778. The zero-order chi connectivity index (χ0) is 11.1. The second-order valence-corrected chi connectivity index (χ2v) is 3.93. The van der Waals surface area contributed by atoms with Crippen molar-refractivity contribution < 1.29 is 19.2 Å². The smallest absolute Gasteiger partial charge is 0.328 e. The molecule has 2 atom stereocenters. The summed E-state index contributed by atoms with van der Waals surface area (Å²) >= 11 is 0. The second kappa shape index (κ2) is 3.46. The monoisotopic (exact) mass is 214 g/mol. The van der Waals surface area contributed by atoms with Gasteiger partial charge in [0.2, 0.25) is 5.91 Å². The number of ether oxygens (including phenoxy) is 1. The van der Waals surface area contributed by atoms with Gasteiger partial charge in [-0.2, -0.15) is 5.06 Å². The summed E-state index contributed by atoms with van der Waals surface area (Å²) in [4.78, 5) is 28.0. The van der Waals surface area contributed by atoms with Gasteiger partial charge in [0.15, 0.2) is 6.10 Å². The average molecular weight is 214 g/mol. The molecule has 2 fully saturated rings. The first-order chi connectivity index (χ1) is 7.10. The summed E-state index contributed by atoms with van der Waals surface area (Å²) in [6, 6.07) is 0. The average Bonchev–Trinajstić information content (AvgIpc) is 2.72. The molecule has 0 aliphatic carbocycles. The van der Waals surface area contributed by atoms with Gasteiger partial charge >= 0.3 is 5.97 Å². The lowest BCUT2D eigenvalue weighted by Gasteiger charge is -2.25. The van der Waals surface area contributed by atoms with Gasteiger partial charge in [-0.1, -0.05) is 0 Å². The minimum absolute atomic E-state index is 0.301. The fourth-order valence-electron chi connectivity index (χ4n) is 2.34. The summed E-state index contributed by atoms with van der Waals surface area (Å²) in [5, 5.41) is 1.55. The summed E-state index contributed by atoms with van der Waals surface area (Å²) < 4.78 is 4.75. The van der Waals surface area contributed by atoms with Gasteiger partial charge in [0, 0.05) is 13.0 Å². The van der Waals surface area contributed by atoms with E-state index in [1.165, 1.54) is 7.11 Å². The first-order valence-electron chi connectivity index (χ1n) is 4.92. The topological polar surface area (TPSA) is 81.9 Å².